The number of quaternary nitrogens is 1. The lowest BCUT2D eigenvalue weighted by molar-refractivity contribution is -0.862. The van der Waals surface area contributed by atoms with Gasteiger partial charge in [-0.25, -0.2) is 0 Å². The highest BCUT2D eigenvalue weighted by Gasteiger charge is 2.31. The monoisotopic (exact) mass is 416 g/mol. The van der Waals surface area contributed by atoms with E-state index in [-0.39, 0.29) is 30.7 Å². The summed E-state index contributed by atoms with van der Waals surface area (Å²) in [5.74, 6) is -1.05. The number of ether oxygens (including phenoxy) is 1. The van der Waals surface area contributed by atoms with E-state index >= 15 is 0 Å². The standard InChI is InChI=1S/C18H17ClF3N3O3/c1-25(10-16(26)23-13-4-2-12(19)3-5-13)11-17(27)24-14-6-8-15(9-7-14)28-18(20,21)22/h2-9H,10-11H2,1H3,(H,23,26)(H,24,27)/p+1. The van der Waals surface area contributed by atoms with Gasteiger partial charge in [0.05, 0.1) is 7.05 Å². The summed E-state index contributed by atoms with van der Waals surface area (Å²) in [5, 5.41) is 5.79. The molecule has 6 nitrogen and oxygen atoms in total. The van der Waals surface area contributed by atoms with Crippen LogP contribution in [-0.4, -0.2) is 38.3 Å². The van der Waals surface area contributed by atoms with E-state index in [0.29, 0.717) is 21.3 Å². The number of rotatable bonds is 7. The van der Waals surface area contributed by atoms with Gasteiger partial charge in [-0.2, -0.15) is 0 Å². The van der Waals surface area contributed by atoms with E-state index in [1.165, 1.54) is 12.1 Å². The van der Waals surface area contributed by atoms with Crippen LogP contribution in [0.3, 0.4) is 0 Å². The lowest BCUT2D eigenvalue weighted by Crippen LogP contribution is -3.11. The van der Waals surface area contributed by atoms with Gasteiger partial charge >= 0.3 is 6.36 Å². The minimum Gasteiger partial charge on any atom is -0.406 e. The number of alkyl halides is 3. The van der Waals surface area contributed by atoms with Crippen molar-refractivity contribution in [3.05, 3.63) is 53.6 Å². The number of hydrogen-bond donors (Lipinski definition) is 3. The third-order valence-corrected chi connectivity index (χ3v) is 3.68. The Bertz CT molecular complexity index is 812. The van der Waals surface area contributed by atoms with Gasteiger partial charge in [0.15, 0.2) is 13.1 Å². The molecular formula is C18H18ClF3N3O3+. The van der Waals surface area contributed by atoms with Gasteiger partial charge in [0.25, 0.3) is 11.8 Å². The summed E-state index contributed by atoms with van der Waals surface area (Å²) < 4.78 is 40.1. The van der Waals surface area contributed by atoms with Crippen molar-refractivity contribution >= 4 is 34.8 Å². The molecule has 0 fully saturated rings. The SMILES string of the molecule is C[NH+](CC(=O)Nc1ccc(Cl)cc1)CC(=O)Nc1ccc(OC(F)(F)F)cc1. The van der Waals surface area contributed by atoms with Gasteiger partial charge in [-0.1, -0.05) is 11.6 Å². The number of hydrogen-bond acceptors (Lipinski definition) is 3. The molecule has 0 saturated carbocycles. The molecule has 0 aliphatic carbocycles. The zero-order chi connectivity index (χ0) is 20.7. The van der Waals surface area contributed by atoms with Crippen LogP contribution >= 0.6 is 11.6 Å². The molecule has 2 rings (SSSR count). The molecular weight excluding hydrogens is 399 g/mol. The molecule has 2 aromatic carbocycles. The second-order valence-corrected chi connectivity index (χ2v) is 6.42. The van der Waals surface area contributed by atoms with Crippen LogP contribution in [0.25, 0.3) is 0 Å². The van der Waals surface area contributed by atoms with Gasteiger partial charge in [-0.3, -0.25) is 9.59 Å². The van der Waals surface area contributed by atoms with E-state index in [1.54, 1.807) is 31.3 Å². The van der Waals surface area contributed by atoms with E-state index in [2.05, 4.69) is 15.4 Å². The van der Waals surface area contributed by atoms with Crippen molar-refractivity contribution in [1.82, 2.24) is 0 Å². The third-order valence-electron chi connectivity index (χ3n) is 3.42. The van der Waals surface area contributed by atoms with Gasteiger partial charge in [0.2, 0.25) is 0 Å². The van der Waals surface area contributed by atoms with Crippen LogP contribution in [0.2, 0.25) is 5.02 Å². The lowest BCUT2D eigenvalue weighted by Gasteiger charge is -2.14. The van der Waals surface area contributed by atoms with Crippen molar-refractivity contribution < 1.29 is 32.4 Å². The van der Waals surface area contributed by atoms with E-state index in [9.17, 15) is 22.8 Å². The Morgan fingerprint density at radius 1 is 0.929 bits per heavy atom. The summed E-state index contributed by atoms with van der Waals surface area (Å²) in [6, 6.07) is 11.4. The maximum absolute atomic E-state index is 12.1. The fraction of sp³-hybridized carbons (Fsp3) is 0.222. The second-order valence-electron chi connectivity index (χ2n) is 5.99. The Morgan fingerprint density at radius 3 is 1.79 bits per heavy atom. The predicted molar refractivity (Wildman–Crippen MR) is 98.5 cm³/mol. The highest BCUT2D eigenvalue weighted by molar-refractivity contribution is 6.30. The maximum Gasteiger partial charge on any atom is 0.573 e. The van der Waals surface area contributed by atoms with Crippen molar-refractivity contribution in [3.63, 3.8) is 0 Å². The first-order chi connectivity index (χ1) is 13.1. The zero-order valence-electron chi connectivity index (χ0n) is 14.8. The Labute approximate surface area is 164 Å². The number of carbonyl (C=O) groups excluding carboxylic acids is 2. The molecule has 0 saturated heterocycles. The number of amides is 2. The number of carbonyl (C=O) groups is 2. The molecule has 28 heavy (non-hydrogen) atoms. The van der Waals surface area contributed by atoms with Crippen LogP contribution in [0.1, 0.15) is 0 Å². The molecule has 1 atom stereocenters. The Balaban J connectivity index is 1.78. The number of halogens is 4. The van der Waals surface area contributed by atoms with Crippen LogP contribution in [0, 0.1) is 0 Å². The minimum atomic E-state index is -4.77. The number of likely N-dealkylation sites (N-methyl/N-ethyl adjacent to an activating group) is 1. The van der Waals surface area contributed by atoms with E-state index < -0.39 is 6.36 Å². The highest BCUT2D eigenvalue weighted by atomic mass is 35.5. The van der Waals surface area contributed by atoms with Crippen molar-refractivity contribution in [3.8, 4) is 5.75 Å². The van der Waals surface area contributed by atoms with Crippen molar-refractivity contribution in [2.45, 2.75) is 6.36 Å². The van der Waals surface area contributed by atoms with Gasteiger partial charge in [-0.05, 0) is 48.5 Å². The Kier molecular flexibility index (Phi) is 7.24. The summed E-state index contributed by atoms with van der Waals surface area (Å²) in [6.07, 6.45) is -4.77. The molecule has 0 spiro atoms. The predicted octanol–water partition coefficient (Wildman–Crippen LogP) is 2.33. The first-order valence-electron chi connectivity index (χ1n) is 8.13. The van der Waals surface area contributed by atoms with Crippen LogP contribution in [0.4, 0.5) is 24.5 Å². The summed E-state index contributed by atoms with van der Waals surface area (Å²) in [7, 11) is 1.67. The molecule has 2 amide bonds. The topological polar surface area (TPSA) is 71.9 Å². The number of nitrogens with one attached hydrogen (secondary N) is 3. The normalized spacial score (nSPS) is 12.2. The molecule has 10 heteroatoms. The molecule has 0 aliphatic heterocycles. The first kappa shape index (κ1) is 21.5. The molecule has 1 unspecified atom stereocenters. The zero-order valence-corrected chi connectivity index (χ0v) is 15.5. The molecule has 3 N–H and O–H groups in total. The van der Waals surface area contributed by atoms with Gasteiger partial charge in [-0.15, -0.1) is 13.2 Å². The average Bonchev–Trinajstić information content (AvgIpc) is 2.57. The Morgan fingerprint density at radius 2 is 1.36 bits per heavy atom. The van der Waals surface area contributed by atoms with Gasteiger partial charge < -0.3 is 20.3 Å². The molecule has 0 aliphatic rings. The summed E-state index contributed by atoms with van der Waals surface area (Å²) in [5.41, 5.74) is 0.908. The second kappa shape index (κ2) is 9.43. The summed E-state index contributed by atoms with van der Waals surface area (Å²) >= 11 is 5.78. The highest BCUT2D eigenvalue weighted by Crippen LogP contribution is 2.23. The quantitative estimate of drug-likeness (QED) is 0.648. The fourth-order valence-electron chi connectivity index (χ4n) is 2.29. The summed E-state index contributed by atoms with van der Waals surface area (Å²) in [6.45, 7) is 0.0449. The van der Waals surface area contributed by atoms with Crippen LogP contribution in [0.15, 0.2) is 48.5 Å². The number of benzene rings is 2. The van der Waals surface area contributed by atoms with Crippen molar-refractivity contribution in [2.24, 2.45) is 0 Å². The summed E-state index contributed by atoms with van der Waals surface area (Å²) in [4.78, 5) is 24.6. The number of anilines is 2. The molecule has 0 aromatic heterocycles. The van der Waals surface area contributed by atoms with Crippen LogP contribution in [-0.2, 0) is 9.59 Å². The lowest BCUT2D eigenvalue weighted by atomic mass is 10.3. The molecule has 0 bridgehead atoms. The third kappa shape index (κ3) is 7.85. The molecule has 150 valence electrons. The smallest absolute Gasteiger partial charge is 0.406 e. The van der Waals surface area contributed by atoms with Crippen molar-refractivity contribution in [1.29, 1.82) is 0 Å². The average molecular weight is 417 g/mol. The van der Waals surface area contributed by atoms with Crippen LogP contribution < -0.4 is 20.3 Å². The minimum absolute atomic E-state index is 0.00512. The van der Waals surface area contributed by atoms with E-state index in [4.69, 9.17) is 11.6 Å². The van der Waals surface area contributed by atoms with E-state index in [0.717, 1.165) is 12.1 Å². The molecule has 0 radical (unpaired) electrons. The maximum atomic E-state index is 12.1. The van der Waals surface area contributed by atoms with Gasteiger partial charge in [0, 0.05) is 16.4 Å². The Hall–Kier alpha value is -2.78. The largest absolute Gasteiger partial charge is 0.573 e. The van der Waals surface area contributed by atoms with E-state index in [1.807, 2.05) is 0 Å². The van der Waals surface area contributed by atoms with Crippen LogP contribution in [0.5, 0.6) is 5.75 Å². The molecule has 0 heterocycles. The fourth-order valence-corrected chi connectivity index (χ4v) is 2.42. The van der Waals surface area contributed by atoms with Crippen molar-refractivity contribution in [2.75, 3.05) is 30.8 Å². The first-order valence-corrected chi connectivity index (χ1v) is 8.51. The van der Waals surface area contributed by atoms with Gasteiger partial charge in [0.1, 0.15) is 5.75 Å². The molecule has 2 aromatic rings.